The number of hydrogen-bond acceptors (Lipinski definition) is 1. The molecule has 1 aromatic carbocycles. The van der Waals surface area contributed by atoms with Crippen LogP contribution in [0, 0.1) is 5.82 Å². The summed E-state index contributed by atoms with van der Waals surface area (Å²) in [5.41, 5.74) is 1.30. The van der Waals surface area contributed by atoms with E-state index < -0.39 is 6.10 Å². The minimum absolute atomic E-state index is 0.311. The lowest BCUT2D eigenvalue weighted by Crippen LogP contribution is -2.01. The van der Waals surface area contributed by atoms with Crippen LogP contribution in [0.3, 0.4) is 0 Å². The van der Waals surface area contributed by atoms with E-state index in [1.54, 1.807) is 12.1 Å². The van der Waals surface area contributed by atoms with Gasteiger partial charge in [-0.3, -0.25) is 0 Å². The van der Waals surface area contributed by atoms with E-state index in [1.807, 2.05) is 30.0 Å². The van der Waals surface area contributed by atoms with E-state index in [-0.39, 0.29) is 5.82 Å². The molecule has 0 aliphatic heterocycles. The Morgan fingerprint density at radius 2 is 2.17 bits per heavy atom. The number of hydrogen-bond donors (Lipinski definition) is 1. The molecule has 0 amide bonds. The average molecular weight is 268 g/mol. The number of benzene rings is 1. The first kappa shape index (κ1) is 13.1. The summed E-state index contributed by atoms with van der Waals surface area (Å²) < 4.78 is 15.4. The van der Waals surface area contributed by atoms with E-state index in [0.717, 1.165) is 5.56 Å². The Labute approximate surface area is 111 Å². The summed E-state index contributed by atoms with van der Waals surface area (Å²) in [6, 6.07) is 6.49. The highest BCUT2D eigenvalue weighted by atomic mass is 35.5. The Kier molecular flexibility index (Phi) is 4.04. The van der Waals surface area contributed by atoms with Gasteiger partial charge >= 0.3 is 0 Å². The molecule has 0 aliphatic carbocycles. The van der Waals surface area contributed by atoms with Gasteiger partial charge in [-0.1, -0.05) is 24.6 Å². The predicted octanol–water partition coefficient (Wildman–Crippen LogP) is 3.77. The summed E-state index contributed by atoms with van der Waals surface area (Å²) in [5, 5.41) is 10.1. The summed E-state index contributed by atoms with van der Waals surface area (Å²) in [6.45, 7) is 2.28. The lowest BCUT2D eigenvalue weighted by Gasteiger charge is -2.07. The van der Waals surface area contributed by atoms with E-state index in [0.29, 0.717) is 23.6 Å². The molecule has 0 bridgehead atoms. The molecule has 2 rings (SSSR count). The Morgan fingerprint density at radius 1 is 1.39 bits per heavy atom. The first-order valence-electron chi connectivity index (χ1n) is 5.88. The number of rotatable bonds is 4. The molecule has 0 saturated carbocycles. The normalized spacial score (nSPS) is 12.7. The predicted molar refractivity (Wildman–Crippen MR) is 70.2 cm³/mol. The largest absolute Gasteiger partial charge is 0.388 e. The molecule has 1 unspecified atom stereocenters. The van der Waals surface area contributed by atoms with Gasteiger partial charge in [0.1, 0.15) is 5.82 Å². The highest BCUT2D eigenvalue weighted by Crippen LogP contribution is 2.22. The van der Waals surface area contributed by atoms with Crippen LogP contribution in [0.5, 0.6) is 0 Å². The fourth-order valence-corrected chi connectivity index (χ4v) is 2.08. The second-order valence-electron chi connectivity index (χ2n) is 4.24. The highest BCUT2D eigenvalue weighted by molar-refractivity contribution is 6.31. The number of aromatic nitrogens is 1. The molecular formula is C14H15ClFNO. The molecular weight excluding hydrogens is 253 g/mol. The maximum Gasteiger partial charge on any atom is 0.129 e. The van der Waals surface area contributed by atoms with Gasteiger partial charge in [0.2, 0.25) is 0 Å². The second-order valence-corrected chi connectivity index (χ2v) is 4.65. The molecule has 1 atom stereocenters. The molecule has 96 valence electrons. The Bertz CT molecular complexity index is 518. The van der Waals surface area contributed by atoms with Crippen molar-refractivity contribution in [1.82, 2.24) is 4.57 Å². The van der Waals surface area contributed by atoms with Crippen molar-refractivity contribution in [3.05, 3.63) is 58.6 Å². The van der Waals surface area contributed by atoms with Gasteiger partial charge < -0.3 is 9.67 Å². The van der Waals surface area contributed by atoms with Gasteiger partial charge in [-0.15, -0.1) is 0 Å². The molecule has 1 N–H and O–H groups in total. The fraction of sp³-hybridized carbons (Fsp3) is 0.286. The van der Waals surface area contributed by atoms with Crippen molar-refractivity contribution < 1.29 is 9.50 Å². The summed E-state index contributed by atoms with van der Waals surface area (Å²) in [7, 11) is 0. The van der Waals surface area contributed by atoms with Gasteiger partial charge in [-0.2, -0.15) is 0 Å². The van der Waals surface area contributed by atoms with E-state index in [4.69, 9.17) is 11.6 Å². The minimum Gasteiger partial charge on any atom is -0.388 e. The van der Waals surface area contributed by atoms with Crippen LogP contribution in [0.25, 0.3) is 0 Å². The van der Waals surface area contributed by atoms with Gasteiger partial charge in [-0.25, -0.2) is 4.39 Å². The number of aliphatic hydroxyl groups is 1. The molecule has 18 heavy (non-hydrogen) atoms. The van der Waals surface area contributed by atoms with Crippen LogP contribution in [-0.4, -0.2) is 9.67 Å². The first-order chi connectivity index (χ1) is 8.61. The zero-order valence-electron chi connectivity index (χ0n) is 10.1. The Balaban J connectivity index is 2.21. The molecule has 0 radical (unpaired) electrons. The summed E-state index contributed by atoms with van der Waals surface area (Å²) in [6.07, 6.45) is 3.82. The van der Waals surface area contributed by atoms with E-state index in [2.05, 4.69) is 0 Å². The zero-order chi connectivity index (χ0) is 13.1. The third-order valence-corrected chi connectivity index (χ3v) is 3.30. The average Bonchev–Trinajstić information content (AvgIpc) is 2.81. The van der Waals surface area contributed by atoms with Crippen LogP contribution in [0.2, 0.25) is 5.02 Å². The van der Waals surface area contributed by atoms with Crippen LogP contribution in [0.4, 0.5) is 4.39 Å². The van der Waals surface area contributed by atoms with E-state index >= 15 is 0 Å². The van der Waals surface area contributed by atoms with Gasteiger partial charge in [0.15, 0.2) is 0 Å². The SMILES string of the molecule is CCC(O)c1ccn(Cc2c(F)cccc2Cl)c1. The van der Waals surface area contributed by atoms with Crippen LogP contribution >= 0.6 is 11.6 Å². The van der Waals surface area contributed by atoms with E-state index in [1.165, 1.54) is 6.07 Å². The van der Waals surface area contributed by atoms with Crippen molar-refractivity contribution in [1.29, 1.82) is 0 Å². The Morgan fingerprint density at radius 3 is 2.83 bits per heavy atom. The minimum atomic E-state index is -0.470. The summed E-state index contributed by atoms with van der Waals surface area (Å²) >= 11 is 5.97. The van der Waals surface area contributed by atoms with E-state index in [9.17, 15) is 9.50 Å². The molecule has 2 aromatic rings. The zero-order valence-corrected chi connectivity index (χ0v) is 10.9. The highest BCUT2D eigenvalue weighted by Gasteiger charge is 2.10. The first-order valence-corrected chi connectivity index (χ1v) is 6.26. The number of nitrogens with zero attached hydrogens (tertiary/aromatic N) is 1. The third kappa shape index (κ3) is 2.74. The molecule has 0 fully saturated rings. The summed E-state index contributed by atoms with van der Waals surface area (Å²) in [5.74, 6) is -0.311. The molecule has 1 heterocycles. The van der Waals surface area contributed by atoms with Crippen LogP contribution < -0.4 is 0 Å². The topological polar surface area (TPSA) is 25.2 Å². The summed E-state index contributed by atoms with van der Waals surface area (Å²) in [4.78, 5) is 0. The molecule has 0 aliphatic rings. The molecule has 1 aromatic heterocycles. The third-order valence-electron chi connectivity index (χ3n) is 2.95. The van der Waals surface area contributed by atoms with Crippen molar-refractivity contribution in [3.8, 4) is 0 Å². The monoisotopic (exact) mass is 267 g/mol. The molecule has 0 spiro atoms. The molecule has 2 nitrogen and oxygen atoms in total. The van der Waals surface area contributed by atoms with Gasteiger partial charge in [0.05, 0.1) is 12.6 Å². The quantitative estimate of drug-likeness (QED) is 0.896. The maximum absolute atomic E-state index is 13.6. The lowest BCUT2D eigenvalue weighted by atomic mass is 10.1. The van der Waals surface area contributed by atoms with Crippen LogP contribution in [0.15, 0.2) is 36.7 Å². The van der Waals surface area contributed by atoms with Crippen molar-refractivity contribution in [2.24, 2.45) is 0 Å². The maximum atomic E-state index is 13.6. The van der Waals surface area contributed by atoms with Gasteiger partial charge in [-0.05, 0) is 30.2 Å². The second kappa shape index (κ2) is 5.55. The van der Waals surface area contributed by atoms with Crippen molar-refractivity contribution in [2.75, 3.05) is 0 Å². The standard InChI is InChI=1S/C14H15ClFNO/c1-2-14(18)10-6-7-17(8-10)9-11-12(15)4-3-5-13(11)16/h3-8,14,18H,2,9H2,1H3. The van der Waals surface area contributed by atoms with Crippen LogP contribution in [-0.2, 0) is 6.54 Å². The number of halogens is 2. The van der Waals surface area contributed by atoms with Crippen molar-refractivity contribution in [2.45, 2.75) is 26.0 Å². The fourth-order valence-electron chi connectivity index (χ4n) is 1.86. The van der Waals surface area contributed by atoms with Gasteiger partial charge in [0.25, 0.3) is 0 Å². The lowest BCUT2D eigenvalue weighted by molar-refractivity contribution is 0.173. The molecule has 0 saturated heterocycles. The van der Waals surface area contributed by atoms with Crippen molar-refractivity contribution >= 4 is 11.6 Å². The smallest absolute Gasteiger partial charge is 0.129 e. The van der Waals surface area contributed by atoms with Crippen molar-refractivity contribution in [3.63, 3.8) is 0 Å². The van der Waals surface area contributed by atoms with Gasteiger partial charge in [0, 0.05) is 23.0 Å². The number of aliphatic hydroxyl groups excluding tert-OH is 1. The Hall–Kier alpha value is -1.32. The molecule has 4 heteroatoms. The van der Waals surface area contributed by atoms with Crippen LogP contribution in [0.1, 0.15) is 30.6 Å².